The third kappa shape index (κ3) is 2.95. The number of nitrogens with zero attached hydrogens (tertiary/aromatic N) is 2. The van der Waals surface area contributed by atoms with Gasteiger partial charge in [0.15, 0.2) is 0 Å². The molecule has 0 bridgehead atoms. The Labute approximate surface area is 139 Å². The Bertz CT molecular complexity index is 856. The van der Waals surface area contributed by atoms with Crippen molar-refractivity contribution in [2.45, 2.75) is 19.9 Å². The highest BCUT2D eigenvalue weighted by Gasteiger charge is 2.28. The fraction of sp³-hybridized carbons (Fsp3) is 0.278. The smallest absolute Gasteiger partial charge is 0.323 e. The molecule has 2 aromatic rings. The lowest BCUT2D eigenvalue weighted by Gasteiger charge is -2.33. The molecule has 124 valence electrons. The molecule has 0 radical (unpaired) electrons. The summed E-state index contributed by atoms with van der Waals surface area (Å²) in [6, 6.07) is 10.6. The fourth-order valence-corrected chi connectivity index (χ4v) is 3.10. The van der Waals surface area contributed by atoms with Crippen LogP contribution in [0.3, 0.4) is 0 Å². The van der Waals surface area contributed by atoms with Crippen LogP contribution in [-0.2, 0) is 17.8 Å². The minimum Gasteiger partial charge on any atom is -0.480 e. The molecule has 3 rings (SSSR count). The molecule has 1 atom stereocenters. The number of carbonyl (C=O) groups is 2. The Morgan fingerprint density at radius 3 is 2.71 bits per heavy atom. The summed E-state index contributed by atoms with van der Waals surface area (Å²) in [4.78, 5) is 37.8. The van der Waals surface area contributed by atoms with E-state index in [0.717, 1.165) is 22.2 Å². The number of carboxylic acids is 1. The summed E-state index contributed by atoms with van der Waals surface area (Å²) in [6.45, 7) is 2.12. The Hall–Kier alpha value is -2.89. The number of rotatable bonds is 3. The summed E-state index contributed by atoms with van der Waals surface area (Å²) in [7, 11) is 0. The number of pyridine rings is 1. The van der Waals surface area contributed by atoms with Gasteiger partial charge in [0.1, 0.15) is 12.1 Å². The summed E-state index contributed by atoms with van der Waals surface area (Å²) in [5.41, 5.74) is 1.29. The van der Waals surface area contributed by atoms with Gasteiger partial charge in [-0.15, -0.1) is 0 Å². The van der Waals surface area contributed by atoms with Gasteiger partial charge in [-0.25, -0.2) is 0 Å². The van der Waals surface area contributed by atoms with Gasteiger partial charge in [0.25, 0.3) is 11.5 Å². The maximum absolute atomic E-state index is 12.9. The van der Waals surface area contributed by atoms with Crippen LogP contribution in [0.15, 0.2) is 47.4 Å². The molecule has 24 heavy (non-hydrogen) atoms. The number of carbonyl (C=O) groups excluding carboxylic acids is 1. The topological polar surface area (TPSA) is 79.6 Å². The van der Waals surface area contributed by atoms with Crippen LogP contribution in [0.2, 0.25) is 0 Å². The molecule has 0 spiro atoms. The van der Waals surface area contributed by atoms with Gasteiger partial charge in [-0.3, -0.25) is 14.4 Å². The number of benzene rings is 1. The molecular formula is C18H18N2O4. The number of para-hydroxylation sites is 1. The van der Waals surface area contributed by atoms with Crippen molar-refractivity contribution in [3.05, 3.63) is 64.1 Å². The predicted molar refractivity (Wildman–Crippen MR) is 89.3 cm³/mol. The van der Waals surface area contributed by atoms with E-state index in [2.05, 4.69) is 6.92 Å². The van der Waals surface area contributed by atoms with Crippen molar-refractivity contribution in [1.82, 2.24) is 4.57 Å². The van der Waals surface area contributed by atoms with E-state index in [9.17, 15) is 14.4 Å². The first-order chi connectivity index (χ1) is 11.5. The number of aliphatic carboxylic acids is 1. The van der Waals surface area contributed by atoms with Crippen LogP contribution >= 0.6 is 0 Å². The van der Waals surface area contributed by atoms with Gasteiger partial charge in [-0.2, -0.15) is 0 Å². The van der Waals surface area contributed by atoms with Gasteiger partial charge >= 0.3 is 5.97 Å². The molecule has 1 aromatic carbocycles. The largest absolute Gasteiger partial charge is 0.480 e. The molecule has 1 aromatic heterocycles. The molecule has 6 heteroatoms. The molecule has 1 unspecified atom stereocenters. The van der Waals surface area contributed by atoms with E-state index < -0.39 is 24.0 Å². The Balaban J connectivity index is 2.01. The highest BCUT2D eigenvalue weighted by Crippen LogP contribution is 2.30. The van der Waals surface area contributed by atoms with Crippen LogP contribution in [0.5, 0.6) is 0 Å². The van der Waals surface area contributed by atoms with Crippen molar-refractivity contribution in [2.75, 3.05) is 11.4 Å². The van der Waals surface area contributed by atoms with Gasteiger partial charge < -0.3 is 14.6 Å². The van der Waals surface area contributed by atoms with Crippen LogP contribution in [0.25, 0.3) is 0 Å². The van der Waals surface area contributed by atoms with Crippen molar-refractivity contribution < 1.29 is 14.7 Å². The molecule has 1 aliphatic rings. The first-order valence-electron chi connectivity index (χ1n) is 7.78. The van der Waals surface area contributed by atoms with Gasteiger partial charge in [-0.05, 0) is 36.1 Å². The second kappa shape index (κ2) is 6.31. The highest BCUT2D eigenvalue weighted by atomic mass is 16.4. The lowest BCUT2D eigenvalue weighted by molar-refractivity contribution is -0.137. The minimum atomic E-state index is -1.13. The van der Waals surface area contributed by atoms with E-state index in [1.54, 1.807) is 4.90 Å². The van der Waals surface area contributed by atoms with Crippen molar-refractivity contribution >= 4 is 17.6 Å². The molecule has 0 aliphatic carbocycles. The standard InChI is InChI=1S/C18H18N2O4/c1-12-9-13-5-2-3-7-15(13)20(10-12)18(24)14-6-4-8-19(17(14)23)11-16(21)22/h2-8,12H,9-11H2,1H3,(H,21,22). The van der Waals surface area contributed by atoms with E-state index in [-0.39, 0.29) is 11.5 Å². The van der Waals surface area contributed by atoms with Crippen molar-refractivity contribution in [1.29, 1.82) is 0 Å². The second-order valence-corrected chi connectivity index (χ2v) is 6.10. The van der Waals surface area contributed by atoms with Crippen LogP contribution in [0.4, 0.5) is 5.69 Å². The van der Waals surface area contributed by atoms with Crippen LogP contribution in [0, 0.1) is 5.92 Å². The second-order valence-electron chi connectivity index (χ2n) is 6.10. The van der Waals surface area contributed by atoms with Gasteiger partial charge in [-0.1, -0.05) is 25.1 Å². The lowest BCUT2D eigenvalue weighted by Crippen LogP contribution is -2.42. The number of aromatic nitrogens is 1. The highest BCUT2D eigenvalue weighted by molar-refractivity contribution is 6.06. The number of hydrogen-bond donors (Lipinski definition) is 1. The van der Waals surface area contributed by atoms with Gasteiger partial charge in [0, 0.05) is 18.4 Å². The van der Waals surface area contributed by atoms with Crippen LogP contribution in [0.1, 0.15) is 22.8 Å². The maximum Gasteiger partial charge on any atom is 0.323 e. The maximum atomic E-state index is 12.9. The number of anilines is 1. The molecule has 1 aliphatic heterocycles. The third-order valence-electron chi connectivity index (χ3n) is 4.15. The van der Waals surface area contributed by atoms with Gasteiger partial charge in [0.2, 0.25) is 0 Å². The first kappa shape index (κ1) is 16.0. The van der Waals surface area contributed by atoms with E-state index in [1.165, 1.54) is 18.3 Å². The predicted octanol–water partition coefficient (Wildman–Crippen LogP) is 1.77. The summed E-state index contributed by atoms with van der Waals surface area (Å²) >= 11 is 0. The number of carboxylic acid groups (broad SMARTS) is 1. The Kier molecular flexibility index (Phi) is 4.20. The van der Waals surface area contributed by atoms with Gasteiger partial charge in [0.05, 0.1) is 0 Å². The molecule has 1 N–H and O–H groups in total. The molecule has 6 nitrogen and oxygen atoms in total. The number of amides is 1. The van der Waals surface area contributed by atoms with Crippen molar-refractivity contribution in [3.8, 4) is 0 Å². The number of fused-ring (bicyclic) bond motifs is 1. The molecule has 2 heterocycles. The first-order valence-corrected chi connectivity index (χ1v) is 7.78. The zero-order chi connectivity index (χ0) is 17.3. The van der Waals surface area contributed by atoms with E-state index in [1.807, 2.05) is 24.3 Å². The Morgan fingerprint density at radius 2 is 1.96 bits per heavy atom. The zero-order valence-electron chi connectivity index (χ0n) is 13.3. The van der Waals surface area contributed by atoms with Crippen molar-refractivity contribution in [3.63, 3.8) is 0 Å². The van der Waals surface area contributed by atoms with Crippen LogP contribution in [-0.4, -0.2) is 28.1 Å². The molecule has 0 saturated carbocycles. The van der Waals surface area contributed by atoms with E-state index in [4.69, 9.17) is 5.11 Å². The Morgan fingerprint density at radius 1 is 1.21 bits per heavy atom. The van der Waals surface area contributed by atoms with E-state index in [0.29, 0.717) is 6.54 Å². The summed E-state index contributed by atoms with van der Waals surface area (Å²) in [5.74, 6) is -1.23. The average Bonchev–Trinajstić information content (AvgIpc) is 2.55. The fourth-order valence-electron chi connectivity index (χ4n) is 3.10. The quantitative estimate of drug-likeness (QED) is 0.932. The summed E-state index contributed by atoms with van der Waals surface area (Å²) in [5, 5.41) is 8.88. The SMILES string of the molecule is CC1Cc2ccccc2N(C(=O)c2cccn(CC(=O)O)c2=O)C1. The monoisotopic (exact) mass is 326 g/mol. The average molecular weight is 326 g/mol. The lowest BCUT2D eigenvalue weighted by atomic mass is 9.93. The van der Waals surface area contributed by atoms with Crippen LogP contribution < -0.4 is 10.5 Å². The molecular weight excluding hydrogens is 308 g/mol. The summed E-state index contributed by atoms with van der Waals surface area (Å²) < 4.78 is 1.04. The molecule has 0 fully saturated rings. The third-order valence-corrected chi connectivity index (χ3v) is 4.15. The molecule has 0 saturated heterocycles. The molecule has 1 amide bonds. The van der Waals surface area contributed by atoms with Crippen molar-refractivity contribution in [2.24, 2.45) is 5.92 Å². The minimum absolute atomic E-state index is 0.0114. The normalized spacial score (nSPS) is 16.5. The zero-order valence-corrected chi connectivity index (χ0v) is 13.3. The summed E-state index contributed by atoms with van der Waals surface area (Å²) in [6.07, 6.45) is 2.26. The number of hydrogen-bond acceptors (Lipinski definition) is 3. The van der Waals surface area contributed by atoms with E-state index >= 15 is 0 Å².